The fraction of sp³-hybridized carbons (Fsp3) is 0.222. The van der Waals surface area contributed by atoms with Crippen molar-refractivity contribution in [3.8, 4) is 0 Å². The number of rotatable bonds is 4. The van der Waals surface area contributed by atoms with Crippen LogP contribution in [-0.4, -0.2) is 21.8 Å². The number of benzene rings is 2. The molecule has 1 aliphatic heterocycles. The summed E-state index contributed by atoms with van der Waals surface area (Å²) in [5.41, 5.74) is 0. The molecule has 3 rings (SSSR count). The third kappa shape index (κ3) is 4.06. The molecule has 0 aliphatic carbocycles. The smallest absolute Gasteiger partial charge is 0.207 e. The molecule has 0 saturated heterocycles. The average molecular weight is 585 g/mol. The molecule has 2 aromatic carbocycles. The van der Waals surface area contributed by atoms with Crippen LogP contribution in [0.4, 0.5) is 0 Å². The van der Waals surface area contributed by atoms with E-state index in [2.05, 4.69) is 0 Å². The average Bonchev–Trinajstić information content (AvgIpc) is 2.70. The van der Waals surface area contributed by atoms with Gasteiger partial charge in [0.2, 0.25) is 13.2 Å². The topological polar surface area (TPSA) is 51.2 Å². The number of thioether (sulfide) groups is 1. The molecule has 0 spiro atoms. The van der Waals surface area contributed by atoms with E-state index in [4.69, 9.17) is 69.6 Å². The van der Waals surface area contributed by atoms with Gasteiger partial charge in [-0.25, -0.2) is 8.42 Å². The van der Waals surface area contributed by atoms with Crippen molar-refractivity contribution in [1.82, 2.24) is 0 Å². The molecular formula is C18H12Cl6O3S3. The zero-order valence-corrected chi connectivity index (χ0v) is 22.0. The predicted octanol–water partition coefficient (Wildman–Crippen LogP) is 7.78. The molecule has 12 heteroatoms. The van der Waals surface area contributed by atoms with Crippen LogP contribution in [0.3, 0.4) is 0 Å². The predicted molar refractivity (Wildman–Crippen MR) is 130 cm³/mol. The second kappa shape index (κ2) is 9.32. The van der Waals surface area contributed by atoms with E-state index in [9.17, 15) is 12.6 Å². The zero-order chi connectivity index (χ0) is 22.4. The van der Waals surface area contributed by atoms with E-state index in [1.165, 1.54) is 24.3 Å². The Labute approximate surface area is 211 Å². The Kier molecular flexibility index (Phi) is 7.76. The highest BCUT2D eigenvalue weighted by molar-refractivity contribution is 8.27. The minimum absolute atomic E-state index is 0.0340. The Morgan fingerprint density at radius 3 is 1.93 bits per heavy atom. The number of hydrogen-bond acceptors (Lipinski definition) is 4. The molecule has 0 bridgehead atoms. The maximum Gasteiger partial charge on any atom is 0.207 e. The summed E-state index contributed by atoms with van der Waals surface area (Å²) in [7, 11) is -6.05. The van der Waals surface area contributed by atoms with E-state index in [1.54, 1.807) is 19.1 Å². The van der Waals surface area contributed by atoms with Gasteiger partial charge in [-0.15, -0.1) is 0 Å². The van der Waals surface area contributed by atoms with Gasteiger partial charge in [0.15, 0.2) is 0 Å². The number of hydrogen-bond donors (Lipinski definition) is 0. The standard InChI is InChI=1S/C18H12Cl6O3S3/c1-9-3-2-8-29(25)18(9,30(26,27)11-6-4-10(19)5-7-11)28-17-15(23)13(21)12(20)14(22)16(17)24/h2-7,9H,8H2,1H3. The Morgan fingerprint density at radius 1 is 0.933 bits per heavy atom. The molecule has 3 nitrogen and oxygen atoms in total. The monoisotopic (exact) mass is 582 g/mol. The minimum Gasteiger partial charge on any atom is -0.257 e. The first-order valence-corrected chi connectivity index (χ1v) is 14.1. The molecule has 1 heterocycles. The van der Waals surface area contributed by atoms with Crippen LogP contribution in [-0.2, 0) is 20.6 Å². The van der Waals surface area contributed by atoms with Crippen LogP contribution in [0, 0.1) is 5.92 Å². The fourth-order valence-corrected chi connectivity index (χ4v) is 11.2. The van der Waals surface area contributed by atoms with Crippen molar-refractivity contribution in [1.29, 1.82) is 0 Å². The highest BCUT2D eigenvalue weighted by atomic mass is 35.5. The molecule has 162 valence electrons. The molecule has 30 heavy (non-hydrogen) atoms. The maximum atomic E-state index is 13.8. The zero-order valence-electron chi connectivity index (χ0n) is 15.0. The lowest BCUT2D eigenvalue weighted by Gasteiger charge is -2.38. The van der Waals surface area contributed by atoms with E-state index >= 15 is 0 Å². The van der Waals surface area contributed by atoms with Gasteiger partial charge in [0.1, 0.15) is 0 Å². The van der Waals surface area contributed by atoms with Gasteiger partial charge in [-0.3, -0.25) is 4.21 Å². The van der Waals surface area contributed by atoms with Crippen molar-refractivity contribution in [3.05, 3.63) is 66.6 Å². The van der Waals surface area contributed by atoms with Gasteiger partial charge in [0.25, 0.3) is 0 Å². The van der Waals surface area contributed by atoms with Gasteiger partial charge in [-0.05, 0) is 24.3 Å². The van der Waals surface area contributed by atoms with E-state index < -0.39 is 30.0 Å². The third-order valence-electron chi connectivity index (χ3n) is 4.46. The highest BCUT2D eigenvalue weighted by Crippen LogP contribution is 2.56. The summed E-state index contributed by atoms with van der Waals surface area (Å²) in [6.07, 6.45) is 3.38. The fourth-order valence-electron chi connectivity index (χ4n) is 2.94. The number of sulfone groups is 1. The summed E-state index contributed by atoms with van der Waals surface area (Å²) in [6, 6.07) is 5.64. The van der Waals surface area contributed by atoms with E-state index in [0.717, 1.165) is 11.8 Å². The number of halogens is 6. The lowest BCUT2D eigenvalue weighted by Crippen LogP contribution is -2.47. The quantitative estimate of drug-likeness (QED) is 0.209. The number of allylic oxidation sites excluding steroid dienone is 1. The lowest BCUT2D eigenvalue weighted by molar-refractivity contribution is 0.569. The molecule has 0 aromatic heterocycles. The molecule has 1 aliphatic rings. The summed E-state index contributed by atoms with van der Waals surface area (Å²) < 4.78 is 39.2. The minimum atomic E-state index is -4.19. The van der Waals surface area contributed by atoms with Gasteiger partial charge in [0, 0.05) is 16.7 Å². The summed E-state index contributed by atoms with van der Waals surface area (Å²) in [4.78, 5) is 0.0547. The van der Waals surface area contributed by atoms with Crippen LogP contribution in [0.2, 0.25) is 30.1 Å². The summed E-state index contributed by atoms with van der Waals surface area (Å²) in [5, 5.41) is 0.0508. The van der Waals surface area contributed by atoms with Gasteiger partial charge in [0.05, 0.1) is 45.7 Å². The van der Waals surface area contributed by atoms with Crippen molar-refractivity contribution in [2.75, 3.05) is 5.75 Å². The Morgan fingerprint density at radius 2 is 1.43 bits per heavy atom. The molecule has 0 saturated carbocycles. The Hall–Kier alpha value is 0.370. The van der Waals surface area contributed by atoms with Gasteiger partial charge in [-0.1, -0.05) is 100 Å². The Balaban J connectivity index is 2.31. The molecule has 3 atom stereocenters. The van der Waals surface area contributed by atoms with Crippen LogP contribution in [0.25, 0.3) is 0 Å². The first kappa shape index (κ1) is 25.0. The largest absolute Gasteiger partial charge is 0.257 e. The van der Waals surface area contributed by atoms with Crippen molar-refractivity contribution in [3.63, 3.8) is 0 Å². The molecular weight excluding hydrogens is 573 g/mol. The second-order valence-electron chi connectivity index (χ2n) is 6.29. The van der Waals surface area contributed by atoms with Crippen LogP contribution < -0.4 is 0 Å². The first-order chi connectivity index (χ1) is 13.9. The van der Waals surface area contributed by atoms with E-state index in [-0.39, 0.29) is 40.7 Å². The van der Waals surface area contributed by atoms with Crippen LogP contribution >= 0.6 is 81.4 Å². The summed E-state index contributed by atoms with van der Waals surface area (Å²) >= 11 is 37.8. The summed E-state index contributed by atoms with van der Waals surface area (Å²) in [5.74, 6) is -0.632. The summed E-state index contributed by atoms with van der Waals surface area (Å²) in [6.45, 7) is 1.66. The SMILES string of the molecule is CC1C=CCS(=O)C1(Sc1c(Cl)c(Cl)c(Cl)c(Cl)c1Cl)S(=O)(=O)c1ccc(Cl)cc1. The van der Waals surface area contributed by atoms with Crippen LogP contribution in [0.5, 0.6) is 0 Å². The second-order valence-corrected chi connectivity index (χ2v) is 14.4. The van der Waals surface area contributed by atoms with Crippen molar-refractivity contribution < 1.29 is 12.6 Å². The molecule has 2 aromatic rings. The van der Waals surface area contributed by atoms with E-state index in [0.29, 0.717) is 5.02 Å². The molecule has 0 radical (unpaired) electrons. The van der Waals surface area contributed by atoms with Crippen molar-refractivity contribution in [2.24, 2.45) is 5.92 Å². The van der Waals surface area contributed by atoms with Gasteiger partial charge >= 0.3 is 0 Å². The first-order valence-electron chi connectivity index (χ1n) is 8.21. The normalized spacial score (nSPS) is 24.2. The lowest BCUT2D eigenvalue weighted by atomic mass is 10.2. The van der Waals surface area contributed by atoms with E-state index in [1.807, 2.05) is 0 Å². The van der Waals surface area contributed by atoms with Gasteiger partial charge in [-0.2, -0.15) is 0 Å². The highest BCUT2D eigenvalue weighted by Gasteiger charge is 2.56. The van der Waals surface area contributed by atoms with Crippen molar-refractivity contribution >= 4 is 102 Å². The van der Waals surface area contributed by atoms with Gasteiger partial charge < -0.3 is 0 Å². The third-order valence-corrected chi connectivity index (χ3v) is 14.9. The van der Waals surface area contributed by atoms with Crippen LogP contribution in [0.15, 0.2) is 46.2 Å². The Bertz CT molecular complexity index is 1140. The van der Waals surface area contributed by atoms with Crippen LogP contribution in [0.1, 0.15) is 6.92 Å². The van der Waals surface area contributed by atoms with Crippen molar-refractivity contribution in [2.45, 2.75) is 20.1 Å². The molecule has 0 amide bonds. The maximum absolute atomic E-state index is 13.8. The molecule has 0 N–H and O–H groups in total. The molecule has 3 unspecified atom stereocenters. The molecule has 0 fully saturated rings.